The first-order chi connectivity index (χ1) is 32.2. The Kier molecular flexibility index (Phi) is 11.3. The quantitative estimate of drug-likeness (QED) is 0.127. The molecule has 0 radical (unpaired) electrons. The van der Waals surface area contributed by atoms with Gasteiger partial charge in [-0.3, -0.25) is 0 Å². The minimum Gasteiger partial charge on any atom is -0.457 e. The second-order valence-electron chi connectivity index (χ2n) is 20.9. The SMILES string of the molecule is Bc1c(B)c(-c2c3c(B)c(B)c(B)c(B)c3c(-c3ccc(-c4ccc5ccccc5c4)cc3)c3c(B)c(B)c(B)c(B)c23)c(B)c(B)c1-c1c(B)c(B)c2oc3c(B)c(B)c(B)c(B)c3c2c1B. The zero-order chi connectivity index (χ0) is 48.8. The third-order valence-corrected chi connectivity index (χ3v) is 18.1. The highest BCUT2D eigenvalue weighted by Crippen LogP contribution is 2.40. The summed E-state index contributed by atoms with van der Waals surface area (Å²) in [6.07, 6.45) is 0. The van der Waals surface area contributed by atoms with Gasteiger partial charge >= 0.3 is 0 Å². The summed E-state index contributed by atoms with van der Waals surface area (Å²) in [5.41, 5.74) is 38.2. The predicted molar refractivity (Wildman–Crippen MR) is 363 cm³/mol. The molecule has 0 aliphatic rings. The van der Waals surface area contributed by atoms with Gasteiger partial charge in [-0.25, -0.2) is 0 Å². The maximum Gasteiger partial charge on any atom is 0.143 e. The average molecular weight is 847 g/mol. The molecule has 0 N–H and O–H groups in total. The lowest BCUT2D eigenvalue weighted by atomic mass is 9.56. The van der Waals surface area contributed by atoms with Crippen LogP contribution in [0.1, 0.15) is 0 Å². The molecule has 0 bridgehead atoms. The monoisotopic (exact) mass is 851 g/mol. The van der Waals surface area contributed by atoms with Gasteiger partial charge in [0.25, 0.3) is 0 Å². The van der Waals surface area contributed by atoms with E-state index in [0.29, 0.717) is 0 Å². The number of fused-ring (bicyclic) bond motifs is 6. The molecular formula is C48H49B19O. The summed E-state index contributed by atoms with van der Waals surface area (Å²) in [4.78, 5) is 0. The molecule has 0 spiro atoms. The molecule has 68 heavy (non-hydrogen) atoms. The van der Waals surface area contributed by atoms with Gasteiger partial charge in [-0.1, -0.05) is 137 Å². The van der Waals surface area contributed by atoms with E-state index in [1.165, 1.54) is 191 Å². The topological polar surface area (TPSA) is 13.1 Å². The van der Waals surface area contributed by atoms with Crippen LogP contribution in [0.15, 0.2) is 71.1 Å². The van der Waals surface area contributed by atoms with E-state index in [-0.39, 0.29) is 0 Å². The molecule has 0 fully saturated rings. The van der Waals surface area contributed by atoms with Crippen molar-refractivity contribution in [3.05, 3.63) is 66.7 Å². The van der Waals surface area contributed by atoms with E-state index in [9.17, 15) is 0 Å². The molecule has 10 aromatic rings. The average Bonchev–Trinajstić information content (AvgIpc) is 3.75. The number of rotatable bonds is 4. The Morgan fingerprint density at radius 2 is 0.544 bits per heavy atom. The van der Waals surface area contributed by atoms with Crippen molar-refractivity contribution in [3.63, 3.8) is 0 Å². The van der Waals surface area contributed by atoms with E-state index < -0.39 is 0 Å². The van der Waals surface area contributed by atoms with Crippen molar-refractivity contribution in [1.82, 2.24) is 0 Å². The van der Waals surface area contributed by atoms with Crippen molar-refractivity contribution in [3.8, 4) is 44.5 Å². The fourth-order valence-electron chi connectivity index (χ4n) is 12.7. The first-order valence-corrected chi connectivity index (χ1v) is 24.8. The van der Waals surface area contributed by atoms with Gasteiger partial charge in [0.05, 0.1) is 0 Å². The lowest BCUT2D eigenvalue weighted by molar-refractivity contribution is 0.675. The summed E-state index contributed by atoms with van der Waals surface area (Å²) in [6.45, 7) is 0. The van der Waals surface area contributed by atoms with Crippen molar-refractivity contribution >= 4 is 307 Å². The van der Waals surface area contributed by atoms with Crippen LogP contribution in [0.25, 0.3) is 98.8 Å². The molecule has 9 aromatic carbocycles. The number of hydrogen-bond acceptors (Lipinski definition) is 1. The maximum absolute atomic E-state index is 6.91. The summed E-state index contributed by atoms with van der Waals surface area (Å²) < 4.78 is 6.91. The van der Waals surface area contributed by atoms with Gasteiger partial charge in [0.15, 0.2) is 0 Å². The van der Waals surface area contributed by atoms with Gasteiger partial charge in [-0.2, -0.15) is 0 Å². The minimum atomic E-state index is 1.03. The lowest BCUT2D eigenvalue weighted by Gasteiger charge is -2.31. The molecule has 0 aliphatic heterocycles. The molecule has 1 heterocycles. The normalized spacial score (nSPS) is 11.8. The van der Waals surface area contributed by atoms with Crippen LogP contribution >= 0.6 is 0 Å². The van der Waals surface area contributed by atoms with Crippen LogP contribution in [0.2, 0.25) is 0 Å². The third-order valence-electron chi connectivity index (χ3n) is 18.1. The van der Waals surface area contributed by atoms with Crippen molar-refractivity contribution in [2.75, 3.05) is 0 Å². The Morgan fingerprint density at radius 1 is 0.221 bits per heavy atom. The number of hydrogen-bond donors (Lipinski definition) is 0. The zero-order valence-corrected chi connectivity index (χ0v) is 44.3. The fraction of sp³-hybridized carbons (Fsp3) is 0. The molecule has 20 heteroatoms. The second kappa shape index (κ2) is 16.5. The number of furan rings is 1. The van der Waals surface area contributed by atoms with E-state index in [0.717, 1.165) is 11.2 Å². The highest BCUT2D eigenvalue weighted by molar-refractivity contribution is 6.74. The van der Waals surface area contributed by atoms with E-state index >= 15 is 0 Å². The molecular weight excluding hydrogens is 798 g/mol. The molecule has 0 atom stereocenters. The smallest absolute Gasteiger partial charge is 0.143 e. The predicted octanol–water partition coefficient (Wildman–Crippen LogP) is -19.4. The van der Waals surface area contributed by atoms with Gasteiger partial charge in [0, 0.05) is 10.8 Å². The van der Waals surface area contributed by atoms with Crippen LogP contribution in [-0.4, -0.2) is 149 Å². The molecule has 1 nitrogen and oxygen atoms in total. The zero-order valence-electron chi connectivity index (χ0n) is 44.3. The Balaban J connectivity index is 1.32. The first kappa shape index (κ1) is 46.5. The van der Waals surface area contributed by atoms with Gasteiger partial charge < -0.3 is 4.42 Å². The van der Waals surface area contributed by atoms with Crippen LogP contribution in [-0.2, 0) is 0 Å². The Bertz CT molecular complexity index is 3840. The van der Waals surface area contributed by atoms with E-state index in [2.05, 4.69) is 216 Å². The summed E-state index contributed by atoms with van der Waals surface area (Å²) in [5, 5.41) is 10.6. The Hall–Kier alpha value is -5.21. The highest BCUT2D eigenvalue weighted by Gasteiger charge is 2.30. The van der Waals surface area contributed by atoms with Crippen molar-refractivity contribution < 1.29 is 4.42 Å². The molecule has 304 valence electrons. The van der Waals surface area contributed by atoms with Crippen molar-refractivity contribution in [2.24, 2.45) is 0 Å². The molecule has 0 saturated carbocycles. The lowest BCUT2D eigenvalue weighted by Crippen LogP contribution is -2.51. The first-order valence-electron chi connectivity index (χ1n) is 24.8. The maximum atomic E-state index is 6.91. The van der Waals surface area contributed by atoms with Crippen molar-refractivity contribution in [2.45, 2.75) is 0 Å². The largest absolute Gasteiger partial charge is 0.457 e. The van der Waals surface area contributed by atoms with Gasteiger partial charge in [-0.05, 0) is 82.9 Å². The molecule has 0 aliphatic carbocycles. The minimum absolute atomic E-state index is 1.03. The van der Waals surface area contributed by atoms with Gasteiger partial charge in [0.1, 0.15) is 160 Å². The van der Waals surface area contributed by atoms with Crippen LogP contribution < -0.4 is 104 Å². The van der Waals surface area contributed by atoms with E-state index in [1.54, 1.807) is 0 Å². The van der Waals surface area contributed by atoms with Crippen LogP contribution in [0, 0.1) is 0 Å². The standard InChI is InChI=1S/C48H49B19O/c49-28-24(37(58)45(66)47-26(28)27-38(59)43(64)44(65)46(67)48(27)68-47)25-35(56)33(54)23(34(55)36(25)57)18-21-19(29(50)39(60)41(62)31(21)52)17(20-22(18)32(53)42(63)40(61)30(20)51)14-8-5-13(6-9-14)16-10-7-12-3-1-2-4-15(12)11-16/h1-11H,49-67H2. The summed E-state index contributed by atoms with van der Waals surface area (Å²) in [6, 6.07) is 25.0. The summed E-state index contributed by atoms with van der Waals surface area (Å²) in [5.74, 6) is 0. The van der Waals surface area contributed by atoms with Crippen LogP contribution in [0.5, 0.6) is 0 Å². The van der Waals surface area contributed by atoms with Crippen molar-refractivity contribution in [1.29, 1.82) is 0 Å². The van der Waals surface area contributed by atoms with Gasteiger partial charge in [-0.15, -0.1) is 27.3 Å². The molecule has 1 aromatic heterocycles. The Labute approximate surface area is 420 Å². The fourth-order valence-corrected chi connectivity index (χ4v) is 12.7. The number of benzene rings is 9. The summed E-state index contributed by atoms with van der Waals surface area (Å²) >= 11 is 0. The van der Waals surface area contributed by atoms with Crippen LogP contribution in [0.3, 0.4) is 0 Å². The van der Waals surface area contributed by atoms with E-state index in [4.69, 9.17) is 4.42 Å². The van der Waals surface area contributed by atoms with Crippen LogP contribution in [0.4, 0.5) is 0 Å². The third kappa shape index (κ3) is 6.36. The van der Waals surface area contributed by atoms with Gasteiger partial charge in [0.2, 0.25) is 0 Å². The molecule has 0 amide bonds. The Morgan fingerprint density at radius 3 is 1.03 bits per heavy atom. The second-order valence-corrected chi connectivity index (χ2v) is 20.9. The highest BCUT2D eigenvalue weighted by atomic mass is 16.3. The molecule has 0 unspecified atom stereocenters. The molecule has 10 rings (SSSR count). The summed E-state index contributed by atoms with van der Waals surface area (Å²) in [7, 11) is 44.5. The molecule has 0 saturated heterocycles. The van der Waals surface area contributed by atoms with E-state index in [1.807, 2.05) is 0 Å².